The standard InChI is InChI=1S/C17H18BrN3O4/c1-20(10-12-3-5-13(18)6-4-12)11-17(22)19-15-8-7-14(25-2)9-16(15)21(23)24/h3-9H,10-11H2,1-2H3,(H,19,22)/p+1. The van der Waals surface area contributed by atoms with Crippen LogP contribution in [0.25, 0.3) is 0 Å². The molecule has 0 spiro atoms. The van der Waals surface area contributed by atoms with Gasteiger partial charge in [-0.25, -0.2) is 0 Å². The molecular weight excluding hydrogens is 390 g/mol. The summed E-state index contributed by atoms with van der Waals surface area (Å²) in [6.07, 6.45) is 0. The summed E-state index contributed by atoms with van der Waals surface area (Å²) in [5.74, 6) is 0.0746. The first-order valence-electron chi connectivity index (χ1n) is 7.57. The molecule has 0 aliphatic carbocycles. The van der Waals surface area contributed by atoms with Crippen LogP contribution < -0.4 is 15.0 Å². The van der Waals surface area contributed by atoms with Crippen LogP contribution >= 0.6 is 15.9 Å². The Morgan fingerprint density at radius 2 is 1.96 bits per heavy atom. The lowest BCUT2D eigenvalue weighted by Crippen LogP contribution is -3.08. The lowest BCUT2D eigenvalue weighted by atomic mass is 10.2. The van der Waals surface area contributed by atoms with Crippen molar-refractivity contribution in [2.75, 3.05) is 26.0 Å². The number of likely N-dealkylation sites (N-methyl/N-ethyl adjacent to an activating group) is 1. The van der Waals surface area contributed by atoms with Crippen LogP contribution in [0.1, 0.15) is 5.56 Å². The number of carbonyl (C=O) groups is 1. The van der Waals surface area contributed by atoms with Crippen LogP contribution in [0, 0.1) is 10.1 Å². The maximum absolute atomic E-state index is 12.2. The van der Waals surface area contributed by atoms with Gasteiger partial charge in [-0.3, -0.25) is 14.9 Å². The molecule has 0 saturated carbocycles. The zero-order chi connectivity index (χ0) is 18.4. The molecule has 0 aliphatic heterocycles. The lowest BCUT2D eigenvalue weighted by Gasteiger charge is -2.14. The quantitative estimate of drug-likeness (QED) is 0.541. The Hall–Kier alpha value is -2.45. The summed E-state index contributed by atoms with van der Waals surface area (Å²) in [6.45, 7) is 0.866. The molecule has 2 rings (SSSR count). The number of nitrogens with one attached hydrogen (secondary N) is 2. The maximum atomic E-state index is 12.2. The maximum Gasteiger partial charge on any atom is 0.296 e. The summed E-state index contributed by atoms with van der Waals surface area (Å²) in [7, 11) is 3.32. The number of rotatable bonds is 7. The van der Waals surface area contributed by atoms with Crippen molar-refractivity contribution < 1.29 is 19.4 Å². The predicted octanol–water partition coefficient (Wildman–Crippen LogP) is 2.02. The van der Waals surface area contributed by atoms with Gasteiger partial charge in [0.2, 0.25) is 0 Å². The fourth-order valence-corrected chi connectivity index (χ4v) is 2.64. The fraction of sp³-hybridized carbons (Fsp3) is 0.235. The number of benzene rings is 2. The van der Waals surface area contributed by atoms with Crippen LogP contribution in [0.3, 0.4) is 0 Å². The third-order valence-corrected chi connectivity index (χ3v) is 4.09. The number of halogens is 1. The first-order chi connectivity index (χ1) is 11.9. The molecule has 0 aliphatic rings. The van der Waals surface area contributed by atoms with Gasteiger partial charge < -0.3 is 15.0 Å². The zero-order valence-electron chi connectivity index (χ0n) is 13.9. The van der Waals surface area contributed by atoms with E-state index in [9.17, 15) is 14.9 Å². The Morgan fingerprint density at radius 1 is 1.28 bits per heavy atom. The van der Waals surface area contributed by atoms with Gasteiger partial charge in [0.05, 0.1) is 25.1 Å². The molecule has 8 heteroatoms. The van der Waals surface area contributed by atoms with E-state index < -0.39 is 4.92 Å². The highest BCUT2D eigenvalue weighted by Crippen LogP contribution is 2.28. The molecule has 7 nitrogen and oxygen atoms in total. The average Bonchev–Trinajstić information content (AvgIpc) is 2.57. The van der Waals surface area contributed by atoms with Gasteiger partial charge in [0, 0.05) is 10.0 Å². The molecule has 1 atom stereocenters. The van der Waals surface area contributed by atoms with Gasteiger partial charge in [0.25, 0.3) is 11.6 Å². The van der Waals surface area contributed by atoms with E-state index in [-0.39, 0.29) is 23.8 Å². The molecule has 0 heterocycles. The molecule has 1 unspecified atom stereocenters. The van der Waals surface area contributed by atoms with E-state index in [4.69, 9.17) is 4.74 Å². The number of nitro groups is 1. The predicted molar refractivity (Wildman–Crippen MR) is 97.9 cm³/mol. The largest absolute Gasteiger partial charge is 0.496 e. The number of ether oxygens (including phenoxy) is 1. The number of carbonyl (C=O) groups excluding carboxylic acids is 1. The van der Waals surface area contributed by atoms with Crippen molar-refractivity contribution in [1.29, 1.82) is 0 Å². The molecule has 0 aromatic heterocycles. The normalized spacial score (nSPS) is 11.6. The second kappa shape index (κ2) is 8.59. The van der Waals surface area contributed by atoms with Crippen molar-refractivity contribution in [2.24, 2.45) is 0 Å². The highest BCUT2D eigenvalue weighted by molar-refractivity contribution is 9.10. The first kappa shape index (κ1) is 18.9. The molecule has 2 aromatic rings. The Bertz CT molecular complexity index is 765. The van der Waals surface area contributed by atoms with Crippen molar-refractivity contribution in [3.05, 3.63) is 62.6 Å². The van der Waals surface area contributed by atoms with Gasteiger partial charge in [-0.2, -0.15) is 0 Å². The number of anilines is 1. The second-order valence-corrected chi connectivity index (χ2v) is 6.54. The molecule has 0 saturated heterocycles. The van der Waals surface area contributed by atoms with E-state index in [1.807, 2.05) is 31.3 Å². The van der Waals surface area contributed by atoms with E-state index in [0.29, 0.717) is 12.3 Å². The van der Waals surface area contributed by atoms with Gasteiger partial charge in [-0.15, -0.1) is 0 Å². The molecule has 0 radical (unpaired) electrons. The summed E-state index contributed by atoms with van der Waals surface area (Å²) in [4.78, 5) is 23.8. The highest BCUT2D eigenvalue weighted by Gasteiger charge is 2.19. The number of nitrogens with zero attached hydrogens (tertiary/aromatic N) is 1. The SMILES string of the molecule is COc1ccc(NC(=O)C[NH+](C)Cc2ccc(Br)cc2)c([N+](=O)[O-])c1. The van der Waals surface area contributed by atoms with Gasteiger partial charge in [-0.05, 0) is 24.3 Å². The third-order valence-electron chi connectivity index (χ3n) is 3.56. The van der Waals surface area contributed by atoms with E-state index in [1.54, 1.807) is 6.07 Å². The Balaban J connectivity index is 1.99. The van der Waals surface area contributed by atoms with E-state index in [2.05, 4.69) is 21.2 Å². The molecule has 2 aromatic carbocycles. The van der Waals surface area contributed by atoms with Crippen molar-refractivity contribution in [3.63, 3.8) is 0 Å². The smallest absolute Gasteiger partial charge is 0.296 e. The third kappa shape index (κ3) is 5.54. The van der Waals surface area contributed by atoms with Crippen molar-refractivity contribution >= 4 is 33.2 Å². The van der Waals surface area contributed by atoms with Crippen LogP contribution in [0.4, 0.5) is 11.4 Å². The average molecular weight is 409 g/mol. The molecule has 0 bridgehead atoms. The van der Waals surface area contributed by atoms with E-state index >= 15 is 0 Å². The van der Waals surface area contributed by atoms with Gasteiger partial charge in [0.1, 0.15) is 18.0 Å². The number of methoxy groups -OCH3 is 1. The number of hydrogen-bond acceptors (Lipinski definition) is 4. The first-order valence-corrected chi connectivity index (χ1v) is 8.36. The van der Waals surface area contributed by atoms with Crippen molar-refractivity contribution in [2.45, 2.75) is 6.54 Å². The second-order valence-electron chi connectivity index (χ2n) is 5.63. The molecule has 25 heavy (non-hydrogen) atoms. The summed E-state index contributed by atoms with van der Waals surface area (Å²) in [6, 6.07) is 12.2. The van der Waals surface area contributed by atoms with Crippen LogP contribution in [0.2, 0.25) is 0 Å². The monoisotopic (exact) mass is 408 g/mol. The van der Waals surface area contributed by atoms with Gasteiger partial charge >= 0.3 is 0 Å². The number of amides is 1. The summed E-state index contributed by atoms with van der Waals surface area (Å²) in [5, 5.41) is 13.8. The summed E-state index contributed by atoms with van der Waals surface area (Å²) < 4.78 is 5.98. The zero-order valence-corrected chi connectivity index (χ0v) is 15.5. The minimum atomic E-state index is -0.545. The Kier molecular flexibility index (Phi) is 6.49. The van der Waals surface area contributed by atoms with Crippen LogP contribution in [-0.2, 0) is 11.3 Å². The van der Waals surface area contributed by atoms with Crippen LogP contribution in [0.5, 0.6) is 5.75 Å². The number of quaternary nitrogens is 1. The van der Waals surface area contributed by atoms with Crippen LogP contribution in [0.15, 0.2) is 46.9 Å². The van der Waals surface area contributed by atoms with E-state index in [1.165, 1.54) is 19.2 Å². The topological polar surface area (TPSA) is 85.9 Å². The summed E-state index contributed by atoms with van der Waals surface area (Å²) in [5.41, 5.74) is 1.06. The molecule has 1 amide bonds. The summed E-state index contributed by atoms with van der Waals surface area (Å²) >= 11 is 3.38. The van der Waals surface area contributed by atoms with Crippen molar-refractivity contribution in [3.8, 4) is 5.75 Å². The Morgan fingerprint density at radius 3 is 2.56 bits per heavy atom. The molecule has 2 N–H and O–H groups in total. The minimum Gasteiger partial charge on any atom is -0.496 e. The van der Waals surface area contributed by atoms with Gasteiger partial charge in [-0.1, -0.05) is 28.1 Å². The van der Waals surface area contributed by atoms with Crippen molar-refractivity contribution in [1.82, 2.24) is 0 Å². The lowest BCUT2D eigenvalue weighted by molar-refractivity contribution is -0.885. The molecule has 132 valence electrons. The van der Waals surface area contributed by atoms with E-state index in [0.717, 1.165) is 14.9 Å². The number of hydrogen-bond donors (Lipinski definition) is 2. The minimum absolute atomic E-state index is 0.159. The Labute approximate surface area is 153 Å². The molecule has 0 fully saturated rings. The van der Waals surface area contributed by atoms with Crippen LogP contribution in [-0.4, -0.2) is 31.5 Å². The number of nitro benzene ring substituents is 1. The van der Waals surface area contributed by atoms with Gasteiger partial charge in [0.15, 0.2) is 6.54 Å². The molecular formula is C17H19BrN3O4+. The fourth-order valence-electron chi connectivity index (χ4n) is 2.38. The highest BCUT2D eigenvalue weighted by atomic mass is 79.9.